The highest BCUT2D eigenvalue weighted by Gasteiger charge is 2.56. The van der Waals surface area contributed by atoms with Gasteiger partial charge in [0.05, 0.1) is 20.8 Å². The van der Waals surface area contributed by atoms with Crippen molar-refractivity contribution in [3.8, 4) is 0 Å². The third kappa shape index (κ3) is 5.16. The fraction of sp³-hybridized carbons (Fsp3) is 0.481. The van der Waals surface area contributed by atoms with Gasteiger partial charge in [-0.25, -0.2) is 21.6 Å². The normalized spacial score (nSPS) is 29.6. The van der Waals surface area contributed by atoms with Crippen LogP contribution in [0.2, 0.25) is 5.02 Å². The van der Waals surface area contributed by atoms with Gasteiger partial charge in [0, 0.05) is 35.8 Å². The molecule has 39 heavy (non-hydrogen) atoms. The third-order valence-electron chi connectivity index (χ3n) is 8.54. The fourth-order valence-corrected chi connectivity index (χ4v) is 8.47. The van der Waals surface area contributed by atoms with Gasteiger partial charge >= 0.3 is 0 Å². The van der Waals surface area contributed by atoms with Gasteiger partial charge in [0.2, 0.25) is 5.91 Å². The van der Waals surface area contributed by atoms with Crippen molar-refractivity contribution in [2.75, 3.05) is 11.9 Å². The molecular weight excluding hydrogens is 557 g/mol. The van der Waals surface area contributed by atoms with Gasteiger partial charge in [-0.1, -0.05) is 18.5 Å². The predicted octanol–water partition coefficient (Wildman–Crippen LogP) is 4.48. The van der Waals surface area contributed by atoms with Gasteiger partial charge in [-0.15, -0.1) is 0 Å². The van der Waals surface area contributed by atoms with Crippen LogP contribution in [-0.4, -0.2) is 42.7 Å². The molecule has 3 saturated carbocycles. The number of carbonyl (C=O) groups excluding carboxylic acids is 2. The van der Waals surface area contributed by atoms with Crippen LogP contribution in [0.3, 0.4) is 0 Å². The summed E-state index contributed by atoms with van der Waals surface area (Å²) >= 11 is 6.25. The zero-order chi connectivity index (χ0) is 28.3. The Hall–Kier alpha value is -2.63. The molecule has 2 amide bonds. The maximum Gasteiger partial charge on any atom is 0.255 e. The highest BCUT2D eigenvalue weighted by molar-refractivity contribution is 7.92. The van der Waals surface area contributed by atoms with Crippen LogP contribution in [0.5, 0.6) is 0 Å². The highest BCUT2D eigenvalue weighted by Crippen LogP contribution is 2.52. The zero-order valence-electron chi connectivity index (χ0n) is 21.0. The second-order valence-corrected chi connectivity index (χ2v) is 13.6. The van der Waals surface area contributed by atoms with Crippen molar-refractivity contribution < 1.29 is 36.3 Å². The van der Waals surface area contributed by atoms with Crippen LogP contribution in [0.25, 0.3) is 0 Å². The van der Waals surface area contributed by atoms with Crippen molar-refractivity contribution in [3.05, 3.63) is 58.4 Å². The van der Waals surface area contributed by atoms with E-state index in [1.807, 2.05) is 6.92 Å². The predicted molar refractivity (Wildman–Crippen MR) is 137 cm³/mol. The molecule has 2 aromatic rings. The number of hydrogen-bond donors (Lipinski definition) is 3. The molecule has 3 N–H and O–H groups in total. The van der Waals surface area contributed by atoms with Crippen molar-refractivity contribution in [2.45, 2.75) is 54.8 Å². The first kappa shape index (κ1) is 27.9. The second-order valence-electron chi connectivity index (χ2n) is 11.0. The number of anilines is 1. The lowest BCUT2D eigenvalue weighted by Gasteiger charge is -2.42. The van der Waals surface area contributed by atoms with E-state index in [4.69, 9.17) is 11.6 Å². The summed E-state index contributed by atoms with van der Waals surface area (Å²) in [6.45, 7) is 2.07. The van der Waals surface area contributed by atoms with Crippen molar-refractivity contribution >= 4 is 38.9 Å². The molecule has 2 aromatic carbocycles. The number of rotatable bonds is 7. The number of amides is 2. The molecule has 0 aliphatic heterocycles. The minimum absolute atomic E-state index is 0.0318. The lowest BCUT2D eigenvalue weighted by molar-refractivity contribution is -0.125. The summed E-state index contributed by atoms with van der Waals surface area (Å²) in [7, 11) is -4.04. The van der Waals surface area contributed by atoms with Crippen molar-refractivity contribution in [1.82, 2.24) is 5.32 Å². The van der Waals surface area contributed by atoms with E-state index in [-0.39, 0.29) is 64.2 Å². The molecule has 0 aromatic heterocycles. The molecule has 3 fully saturated rings. The Balaban J connectivity index is 1.32. The highest BCUT2D eigenvalue weighted by atomic mass is 35.5. The molecule has 0 saturated heterocycles. The number of benzene rings is 2. The fourth-order valence-electron chi connectivity index (χ4n) is 6.07. The minimum Gasteiger partial charge on any atom is -0.387 e. The maximum absolute atomic E-state index is 13.7. The molecule has 4 atom stereocenters. The van der Waals surface area contributed by atoms with E-state index < -0.39 is 44.0 Å². The molecule has 0 radical (unpaired) electrons. The van der Waals surface area contributed by atoms with Crippen LogP contribution in [0.15, 0.2) is 35.2 Å². The number of nitrogens with one attached hydrogen (secondary N) is 2. The van der Waals surface area contributed by atoms with E-state index in [1.165, 1.54) is 12.1 Å². The lowest BCUT2D eigenvalue weighted by atomic mass is 9.74. The Morgan fingerprint density at radius 2 is 1.64 bits per heavy atom. The summed E-state index contributed by atoms with van der Waals surface area (Å²) in [4.78, 5) is 24.8. The van der Waals surface area contributed by atoms with Gasteiger partial charge in [-0.2, -0.15) is 0 Å². The summed E-state index contributed by atoms with van der Waals surface area (Å²) < 4.78 is 67.7. The molecule has 3 aliphatic carbocycles. The number of carbonyl (C=O) groups is 2. The molecule has 3 aliphatic rings. The molecule has 12 heteroatoms. The standard InChI is InChI=1S/C27H28ClF3N2O5S/c1-13-6-19(13)26(35)32-12-27(36)15-3-4-16(27)9-18(8-15)39(37,38)23-7-14(2-5-20(23)28)25(34)33-17-10-21(29)24(31)22(30)11-17/h2,5,7,10-11,13,15-16,18-19,36H,3-4,6,8-9,12H2,1H3,(H,32,35)(H,33,34). The average Bonchev–Trinajstić information content (AvgIpc) is 3.60. The lowest BCUT2D eigenvalue weighted by Crippen LogP contribution is -2.54. The largest absolute Gasteiger partial charge is 0.387 e. The monoisotopic (exact) mass is 584 g/mol. The molecule has 0 spiro atoms. The summed E-state index contributed by atoms with van der Waals surface area (Å²) in [6.07, 6.45) is 2.43. The number of halogens is 4. The summed E-state index contributed by atoms with van der Waals surface area (Å²) in [5, 5.41) is 15.6. The second kappa shape index (κ2) is 10.1. The summed E-state index contributed by atoms with van der Waals surface area (Å²) in [5.74, 6) is -5.97. The van der Waals surface area contributed by atoms with Crippen LogP contribution < -0.4 is 10.6 Å². The third-order valence-corrected chi connectivity index (χ3v) is 11.2. The molecule has 2 bridgehead atoms. The zero-order valence-corrected chi connectivity index (χ0v) is 22.6. The maximum atomic E-state index is 13.7. The number of sulfone groups is 1. The van der Waals surface area contributed by atoms with Crippen LogP contribution in [-0.2, 0) is 14.6 Å². The summed E-state index contributed by atoms with van der Waals surface area (Å²) in [5.41, 5.74) is -1.66. The first-order valence-electron chi connectivity index (χ1n) is 12.8. The van der Waals surface area contributed by atoms with Crippen molar-refractivity contribution in [3.63, 3.8) is 0 Å². The average molecular weight is 585 g/mol. The van der Waals surface area contributed by atoms with Crippen molar-refractivity contribution in [2.24, 2.45) is 23.7 Å². The quantitative estimate of drug-likeness (QED) is 0.416. The van der Waals surface area contributed by atoms with E-state index in [1.54, 1.807) is 0 Å². The van der Waals surface area contributed by atoms with Crippen LogP contribution in [0.4, 0.5) is 18.9 Å². The van der Waals surface area contributed by atoms with Gasteiger partial charge < -0.3 is 15.7 Å². The van der Waals surface area contributed by atoms with Crippen molar-refractivity contribution in [1.29, 1.82) is 0 Å². The first-order valence-corrected chi connectivity index (χ1v) is 14.7. The summed E-state index contributed by atoms with van der Waals surface area (Å²) in [6, 6.07) is 4.83. The Kier molecular flexibility index (Phi) is 7.22. The number of aliphatic hydroxyl groups is 1. The number of fused-ring (bicyclic) bond motifs is 2. The SMILES string of the molecule is CC1CC1C(=O)NCC1(O)C2CCC1CC(S(=O)(=O)c1cc(C(=O)Nc3cc(F)c(F)c(F)c3)ccc1Cl)C2. The van der Waals surface area contributed by atoms with E-state index in [2.05, 4.69) is 10.6 Å². The van der Waals surface area contributed by atoms with Gasteiger partial charge in [-0.3, -0.25) is 9.59 Å². The molecular formula is C27H28ClF3N2O5S. The van der Waals surface area contributed by atoms with Gasteiger partial charge in [0.1, 0.15) is 0 Å². The van der Waals surface area contributed by atoms with E-state index >= 15 is 0 Å². The minimum atomic E-state index is -4.04. The molecule has 7 nitrogen and oxygen atoms in total. The van der Waals surface area contributed by atoms with Crippen LogP contribution in [0.1, 0.15) is 49.4 Å². The molecule has 4 unspecified atom stereocenters. The first-order chi connectivity index (χ1) is 18.3. The molecule has 210 valence electrons. The van der Waals surface area contributed by atoms with Gasteiger partial charge in [-0.05, 0) is 68.1 Å². The molecule has 0 heterocycles. The van der Waals surface area contributed by atoms with E-state index in [9.17, 15) is 36.3 Å². The smallest absolute Gasteiger partial charge is 0.255 e. The van der Waals surface area contributed by atoms with Gasteiger partial charge in [0.25, 0.3) is 5.91 Å². The Labute approximate surface area is 229 Å². The number of hydrogen-bond acceptors (Lipinski definition) is 5. The Bertz CT molecular complexity index is 1420. The van der Waals surface area contributed by atoms with E-state index in [0.717, 1.165) is 12.5 Å². The topological polar surface area (TPSA) is 113 Å². The molecule has 5 rings (SSSR count). The van der Waals surface area contributed by atoms with E-state index in [0.29, 0.717) is 30.9 Å². The van der Waals surface area contributed by atoms with Crippen LogP contribution >= 0.6 is 11.6 Å². The van der Waals surface area contributed by atoms with Gasteiger partial charge in [0.15, 0.2) is 27.3 Å². The Morgan fingerprint density at radius 1 is 1.05 bits per heavy atom. The van der Waals surface area contributed by atoms with Crippen LogP contribution in [0, 0.1) is 41.1 Å². The Morgan fingerprint density at radius 3 is 2.21 bits per heavy atom.